The molecular formula is C26H40O2. The molecule has 2 nitrogen and oxygen atoms in total. The van der Waals surface area contributed by atoms with Gasteiger partial charge in [0.2, 0.25) is 0 Å². The van der Waals surface area contributed by atoms with Gasteiger partial charge in [-0.25, -0.2) is 4.79 Å². The molecule has 2 heteroatoms. The molecule has 156 valence electrons. The second-order valence-corrected chi connectivity index (χ2v) is 9.29. The molecule has 0 radical (unpaired) electrons. The molecule has 0 N–H and O–H groups in total. The number of carbonyl (C=O) groups is 1. The Morgan fingerprint density at radius 1 is 0.857 bits per heavy atom. The molecule has 28 heavy (non-hydrogen) atoms. The van der Waals surface area contributed by atoms with Crippen molar-refractivity contribution in [1.29, 1.82) is 0 Å². The molecule has 0 spiro atoms. The topological polar surface area (TPSA) is 26.3 Å². The normalized spacial score (nSPS) is 28.1. The fourth-order valence-electron chi connectivity index (χ4n) is 5.56. The summed E-state index contributed by atoms with van der Waals surface area (Å²) < 4.78 is 5.32. The van der Waals surface area contributed by atoms with Crippen LogP contribution in [0.4, 0.5) is 0 Å². The number of ether oxygens (including phenoxy) is 1. The molecular weight excluding hydrogens is 344 g/mol. The standard InChI is InChI=1S/C26H40O2/c1-3-5-19-28-26(27)25-17-15-24(16-18-25)23-13-11-22(12-14-23)21-9-7-20(6-4-2)8-10-21/h15-18,20-23H,3-14,19H2,1-2H3/t20-,21-,22-,23-. The average molecular weight is 385 g/mol. The van der Waals surface area contributed by atoms with Crippen molar-refractivity contribution in [1.82, 2.24) is 0 Å². The predicted molar refractivity (Wildman–Crippen MR) is 117 cm³/mol. The quantitative estimate of drug-likeness (QED) is 0.342. The number of hydrogen-bond donors (Lipinski definition) is 0. The first-order valence-corrected chi connectivity index (χ1v) is 12.0. The van der Waals surface area contributed by atoms with E-state index >= 15 is 0 Å². The third-order valence-corrected chi connectivity index (χ3v) is 7.38. The van der Waals surface area contributed by atoms with Crippen molar-refractivity contribution in [3.8, 4) is 0 Å². The van der Waals surface area contributed by atoms with Crippen molar-refractivity contribution >= 4 is 5.97 Å². The average Bonchev–Trinajstić information content (AvgIpc) is 2.75. The first-order chi connectivity index (χ1) is 13.7. The first kappa shape index (κ1) is 21.4. The van der Waals surface area contributed by atoms with E-state index in [4.69, 9.17) is 4.74 Å². The molecule has 1 aromatic carbocycles. The van der Waals surface area contributed by atoms with Crippen LogP contribution in [0.1, 0.15) is 113 Å². The highest BCUT2D eigenvalue weighted by atomic mass is 16.5. The maximum Gasteiger partial charge on any atom is 0.338 e. The van der Waals surface area contributed by atoms with Crippen LogP contribution >= 0.6 is 0 Å². The minimum absolute atomic E-state index is 0.178. The minimum Gasteiger partial charge on any atom is -0.462 e. The summed E-state index contributed by atoms with van der Waals surface area (Å²) in [5.41, 5.74) is 2.10. The van der Waals surface area contributed by atoms with Crippen LogP contribution in [0.15, 0.2) is 24.3 Å². The van der Waals surface area contributed by atoms with Crippen molar-refractivity contribution in [2.45, 2.75) is 96.8 Å². The fraction of sp³-hybridized carbons (Fsp3) is 0.731. The number of rotatable bonds is 8. The molecule has 2 fully saturated rings. The summed E-state index contributed by atoms with van der Waals surface area (Å²) in [5, 5.41) is 0. The monoisotopic (exact) mass is 384 g/mol. The van der Waals surface area contributed by atoms with Crippen LogP contribution in [0.3, 0.4) is 0 Å². The van der Waals surface area contributed by atoms with Gasteiger partial charge in [0.15, 0.2) is 0 Å². The lowest BCUT2D eigenvalue weighted by atomic mass is 9.68. The van der Waals surface area contributed by atoms with E-state index in [-0.39, 0.29) is 5.97 Å². The summed E-state index contributed by atoms with van der Waals surface area (Å²) in [6, 6.07) is 8.25. The third kappa shape index (κ3) is 5.84. The Kier molecular flexibility index (Phi) is 8.43. The van der Waals surface area contributed by atoms with Gasteiger partial charge < -0.3 is 4.74 Å². The van der Waals surface area contributed by atoms with Crippen LogP contribution < -0.4 is 0 Å². The molecule has 0 atom stereocenters. The summed E-state index contributed by atoms with van der Waals surface area (Å²) in [6.07, 6.45) is 16.1. The van der Waals surface area contributed by atoms with E-state index in [2.05, 4.69) is 26.0 Å². The SMILES string of the molecule is CCCCOC(=O)c1ccc([C@H]2CC[C@H]([C@H]3CC[C@H](CCC)CC3)CC2)cc1. The molecule has 3 rings (SSSR count). The second kappa shape index (κ2) is 11.0. The summed E-state index contributed by atoms with van der Waals surface area (Å²) in [6.45, 7) is 4.96. The molecule has 2 saturated carbocycles. The van der Waals surface area contributed by atoms with E-state index in [1.807, 2.05) is 12.1 Å². The third-order valence-electron chi connectivity index (χ3n) is 7.38. The van der Waals surface area contributed by atoms with Crippen molar-refractivity contribution in [3.63, 3.8) is 0 Å². The summed E-state index contributed by atoms with van der Waals surface area (Å²) in [7, 11) is 0. The lowest BCUT2D eigenvalue weighted by Crippen LogP contribution is -2.25. The Hall–Kier alpha value is -1.31. The zero-order chi connectivity index (χ0) is 19.8. The van der Waals surface area contributed by atoms with E-state index in [1.54, 1.807) is 0 Å². The van der Waals surface area contributed by atoms with Crippen molar-refractivity contribution in [3.05, 3.63) is 35.4 Å². The van der Waals surface area contributed by atoms with Gasteiger partial charge in [-0.15, -0.1) is 0 Å². The highest BCUT2D eigenvalue weighted by Crippen LogP contribution is 2.44. The van der Waals surface area contributed by atoms with Crippen LogP contribution in [-0.2, 0) is 4.74 Å². The van der Waals surface area contributed by atoms with Gasteiger partial charge in [-0.3, -0.25) is 0 Å². The van der Waals surface area contributed by atoms with Gasteiger partial charge in [0, 0.05) is 0 Å². The molecule has 2 aliphatic carbocycles. The molecule has 0 unspecified atom stereocenters. The van der Waals surface area contributed by atoms with E-state index in [1.165, 1.54) is 69.8 Å². The molecule has 0 saturated heterocycles. The molecule has 0 heterocycles. The smallest absolute Gasteiger partial charge is 0.338 e. The highest BCUT2D eigenvalue weighted by molar-refractivity contribution is 5.89. The van der Waals surface area contributed by atoms with Gasteiger partial charge >= 0.3 is 5.97 Å². The van der Waals surface area contributed by atoms with Crippen LogP contribution in [0.5, 0.6) is 0 Å². The highest BCUT2D eigenvalue weighted by Gasteiger charge is 2.31. The van der Waals surface area contributed by atoms with Gasteiger partial charge in [-0.1, -0.05) is 58.1 Å². The zero-order valence-corrected chi connectivity index (χ0v) is 18.1. The minimum atomic E-state index is -0.178. The number of carbonyl (C=O) groups excluding carboxylic acids is 1. The van der Waals surface area contributed by atoms with E-state index in [0.717, 1.165) is 30.6 Å². The van der Waals surface area contributed by atoms with Crippen molar-refractivity contribution in [2.24, 2.45) is 17.8 Å². The predicted octanol–water partition coefficient (Wildman–Crippen LogP) is 7.52. The molecule has 0 amide bonds. The molecule has 2 aliphatic rings. The number of unbranched alkanes of at least 4 members (excludes halogenated alkanes) is 1. The fourth-order valence-corrected chi connectivity index (χ4v) is 5.56. The van der Waals surface area contributed by atoms with Crippen LogP contribution in [0.25, 0.3) is 0 Å². The maximum atomic E-state index is 12.1. The van der Waals surface area contributed by atoms with Crippen LogP contribution in [0, 0.1) is 17.8 Å². The Morgan fingerprint density at radius 2 is 1.46 bits per heavy atom. The number of esters is 1. The zero-order valence-electron chi connectivity index (χ0n) is 18.1. The molecule has 0 aromatic heterocycles. The van der Waals surface area contributed by atoms with Gasteiger partial charge in [-0.2, -0.15) is 0 Å². The molecule has 0 bridgehead atoms. The van der Waals surface area contributed by atoms with Crippen LogP contribution in [-0.4, -0.2) is 12.6 Å². The Labute approximate surface area is 172 Å². The van der Waals surface area contributed by atoms with Gasteiger partial charge in [-0.05, 0) is 86.3 Å². The first-order valence-electron chi connectivity index (χ1n) is 12.0. The molecule has 1 aromatic rings. The largest absolute Gasteiger partial charge is 0.462 e. The Balaban J connectivity index is 1.44. The molecule has 0 aliphatic heterocycles. The van der Waals surface area contributed by atoms with Gasteiger partial charge in [0.25, 0.3) is 0 Å². The summed E-state index contributed by atoms with van der Waals surface area (Å²) in [5.74, 6) is 3.48. The van der Waals surface area contributed by atoms with Crippen molar-refractivity contribution < 1.29 is 9.53 Å². The van der Waals surface area contributed by atoms with Gasteiger partial charge in [0.05, 0.1) is 12.2 Å². The van der Waals surface area contributed by atoms with E-state index < -0.39 is 0 Å². The number of hydrogen-bond acceptors (Lipinski definition) is 2. The Bertz CT molecular complexity index is 575. The second-order valence-electron chi connectivity index (χ2n) is 9.29. The van der Waals surface area contributed by atoms with Crippen molar-refractivity contribution in [2.75, 3.05) is 6.61 Å². The van der Waals surface area contributed by atoms with E-state index in [0.29, 0.717) is 18.1 Å². The lowest BCUT2D eigenvalue weighted by molar-refractivity contribution is 0.0499. The Morgan fingerprint density at radius 3 is 2.04 bits per heavy atom. The summed E-state index contributed by atoms with van der Waals surface area (Å²) >= 11 is 0. The number of benzene rings is 1. The van der Waals surface area contributed by atoms with Gasteiger partial charge in [0.1, 0.15) is 0 Å². The summed E-state index contributed by atoms with van der Waals surface area (Å²) in [4.78, 5) is 12.1. The lowest BCUT2D eigenvalue weighted by Gasteiger charge is -2.38. The van der Waals surface area contributed by atoms with Crippen LogP contribution in [0.2, 0.25) is 0 Å². The maximum absolute atomic E-state index is 12.1. The van der Waals surface area contributed by atoms with E-state index in [9.17, 15) is 4.79 Å².